The first-order chi connectivity index (χ1) is 8.83. The monoisotopic (exact) mass is 268 g/mol. The summed E-state index contributed by atoms with van der Waals surface area (Å²) in [5, 5.41) is 0. The van der Waals surface area contributed by atoms with E-state index in [1.165, 1.54) is 19.3 Å². The van der Waals surface area contributed by atoms with Crippen LogP contribution in [0.15, 0.2) is 18.2 Å². The van der Waals surface area contributed by atoms with Crippen molar-refractivity contribution < 1.29 is 9.47 Å². The molecule has 0 amide bonds. The van der Waals surface area contributed by atoms with Crippen LogP contribution < -0.4 is 9.47 Å². The van der Waals surface area contributed by atoms with Gasteiger partial charge in [0.15, 0.2) is 11.5 Å². The molecular formula is C15H21ClO2. The molecule has 1 aromatic carbocycles. The van der Waals surface area contributed by atoms with Crippen LogP contribution in [-0.4, -0.2) is 12.7 Å². The number of ether oxygens (including phenoxy) is 2. The van der Waals surface area contributed by atoms with Crippen molar-refractivity contribution in [2.75, 3.05) is 6.61 Å². The van der Waals surface area contributed by atoms with Crippen LogP contribution in [-0.2, 0) is 5.88 Å². The van der Waals surface area contributed by atoms with Crippen LogP contribution in [0.2, 0.25) is 0 Å². The van der Waals surface area contributed by atoms with E-state index in [1.54, 1.807) is 0 Å². The summed E-state index contributed by atoms with van der Waals surface area (Å²) in [7, 11) is 0. The Morgan fingerprint density at radius 3 is 2.61 bits per heavy atom. The van der Waals surface area contributed by atoms with Crippen LogP contribution in [0.4, 0.5) is 0 Å². The second kappa shape index (κ2) is 6.89. The lowest BCUT2D eigenvalue weighted by atomic mass is 9.98. The van der Waals surface area contributed by atoms with Gasteiger partial charge in [-0.2, -0.15) is 0 Å². The molecule has 1 aliphatic rings. The van der Waals surface area contributed by atoms with E-state index >= 15 is 0 Å². The van der Waals surface area contributed by atoms with E-state index in [0.29, 0.717) is 18.6 Å². The summed E-state index contributed by atoms with van der Waals surface area (Å²) in [5.74, 6) is 2.18. The lowest BCUT2D eigenvalue weighted by Crippen LogP contribution is -2.20. The van der Waals surface area contributed by atoms with Gasteiger partial charge in [0.1, 0.15) is 0 Å². The molecule has 3 heteroatoms. The number of alkyl halides is 1. The zero-order valence-electron chi connectivity index (χ0n) is 11.0. The van der Waals surface area contributed by atoms with Crippen molar-refractivity contribution >= 4 is 11.6 Å². The molecule has 2 nitrogen and oxygen atoms in total. The van der Waals surface area contributed by atoms with Crippen molar-refractivity contribution in [3.63, 3.8) is 0 Å². The van der Waals surface area contributed by atoms with Gasteiger partial charge in [-0.05, 0) is 50.3 Å². The first-order valence-electron chi connectivity index (χ1n) is 6.82. The second-order valence-electron chi connectivity index (χ2n) is 4.73. The van der Waals surface area contributed by atoms with Gasteiger partial charge in [-0.1, -0.05) is 12.5 Å². The number of hydrogen-bond acceptors (Lipinski definition) is 2. The minimum Gasteiger partial charge on any atom is -0.490 e. The molecule has 1 fully saturated rings. The fraction of sp³-hybridized carbons (Fsp3) is 0.600. The van der Waals surface area contributed by atoms with Crippen molar-refractivity contribution in [1.82, 2.24) is 0 Å². The Morgan fingerprint density at radius 2 is 1.94 bits per heavy atom. The highest BCUT2D eigenvalue weighted by molar-refractivity contribution is 6.17. The Labute approximate surface area is 114 Å². The largest absolute Gasteiger partial charge is 0.490 e. The summed E-state index contributed by atoms with van der Waals surface area (Å²) in [6, 6.07) is 5.97. The number of benzene rings is 1. The molecule has 0 spiro atoms. The molecular weight excluding hydrogens is 248 g/mol. The summed E-state index contributed by atoms with van der Waals surface area (Å²) in [5.41, 5.74) is 1.07. The minimum absolute atomic E-state index is 0.347. The van der Waals surface area contributed by atoms with E-state index in [9.17, 15) is 0 Å². The maximum absolute atomic E-state index is 6.07. The van der Waals surface area contributed by atoms with E-state index in [4.69, 9.17) is 21.1 Å². The average molecular weight is 269 g/mol. The lowest BCUT2D eigenvalue weighted by Gasteiger charge is -2.24. The first-order valence-corrected chi connectivity index (χ1v) is 7.35. The zero-order chi connectivity index (χ0) is 12.8. The van der Waals surface area contributed by atoms with Crippen LogP contribution in [0.1, 0.15) is 44.6 Å². The summed E-state index contributed by atoms with van der Waals surface area (Å²) < 4.78 is 11.7. The Hall–Kier alpha value is -0.890. The van der Waals surface area contributed by atoms with Crippen LogP contribution in [0.25, 0.3) is 0 Å². The van der Waals surface area contributed by atoms with Crippen molar-refractivity contribution in [3.8, 4) is 11.5 Å². The third-order valence-electron chi connectivity index (χ3n) is 3.31. The molecule has 100 valence electrons. The lowest BCUT2D eigenvalue weighted by molar-refractivity contribution is 0.147. The maximum Gasteiger partial charge on any atom is 0.161 e. The number of halogens is 1. The fourth-order valence-electron chi connectivity index (χ4n) is 2.36. The van der Waals surface area contributed by atoms with Gasteiger partial charge in [0.2, 0.25) is 0 Å². The predicted octanol–water partition coefficient (Wildman–Crippen LogP) is 4.54. The smallest absolute Gasteiger partial charge is 0.161 e. The van der Waals surface area contributed by atoms with Gasteiger partial charge in [0.05, 0.1) is 12.7 Å². The molecule has 2 rings (SSSR count). The predicted molar refractivity (Wildman–Crippen MR) is 74.7 cm³/mol. The molecule has 0 radical (unpaired) electrons. The van der Waals surface area contributed by atoms with E-state index in [2.05, 4.69) is 0 Å². The second-order valence-corrected chi connectivity index (χ2v) is 4.99. The molecule has 0 saturated heterocycles. The third kappa shape index (κ3) is 3.55. The van der Waals surface area contributed by atoms with Gasteiger partial charge in [-0.3, -0.25) is 0 Å². The SMILES string of the molecule is CCOc1cc(CCl)ccc1OC1CCCCC1. The Morgan fingerprint density at radius 1 is 1.17 bits per heavy atom. The maximum atomic E-state index is 6.07. The summed E-state index contributed by atoms with van der Waals surface area (Å²) >= 11 is 5.85. The number of rotatable bonds is 5. The average Bonchev–Trinajstić information content (AvgIpc) is 2.42. The molecule has 1 aromatic rings. The fourth-order valence-corrected chi connectivity index (χ4v) is 2.53. The van der Waals surface area contributed by atoms with E-state index in [0.717, 1.165) is 29.9 Å². The van der Waals surface area contributed by atoms with Crippen molar-refractivity contribution in [2.45, 2.75) is 51.0 Å². The minimum atomic E-state index is 0.347. The molecule has 0 bridgehead atoms. The van der Waals surface area contributed by atoms with Crippen LogP contribution in [0, 0.1) is 0 Å². The van der Waals surface area contributed by atoms with Gasteiger partial charge < -0.3 is 9.47 Å². The Balaban J connectivity index is 2.09. The highest BCUT2D eigenvalue weighted by Crippen LogP contribution is 2.32. The van der Waals surface area contributed by atoms with Gasteiger partial charge in [0.25, 0.3) is 0 Å². The highest BCUT2D eigenvalue weighted by Gasteiger charge is 2.17. The topological polar surface area (TPSA) is 18.5 Å². The van der Waals surface area contributed by atoms with Crippen LogP contribution >= 0.6 is 11.6 Å². The highest BCUT2D eigenvalue weighted by atomic mass is 35.5. The molecule has 0 aromatic heterocycles. The van der Waals surface area contributed by atoms with E-state index < -0.39 is 0 Å². The Kier molecular flexibility index (Phi) is 5.18. The van der Waals surface area contributed by atoms with Gasteiger partial charge in [-0.25, -0.2) is 0 Å². The normalized spacial score (nSPS) is 16.6. The summed E-state index contributed by atoms with van der Waals surface area (Å²) in [6.45, 7) is 2.63. The molecule has 0 unspecified atom stereocenters. The molecule has 18 heavy (non-hydrogen) atoms. The summed E-state index contributed by atoms with van der Waals surface area (Å²) in [6.07, 6.45) is 6.54. The van der Waals surface area contributed by atoms with Crippen molar-refractivity contribution in [1.29, 1.82) is 0 Å². The molecule has 0 atom stereocenters. The molecule has 0 heterocycles. The van der Waals surface area contributed by atoms with Gasteiger partial charge in [-0.15, -0.1) is 11.6 Å². The molecule has 1 aliphatic carbocycles. The van der Waals surface area contributed by atoms with E-state index in [1.807, 2.05) is 25.1 Å². The van der Waals surface area contributed by atoms with Crippen molar-refractivity contribution in [3.05, 3.63) is 23.8 Å². The molecule has 1 saturated carbocycles. The standard InChI is InChI=1S/C15H21ClO2/c1-2-17-15-10-12(11-16)8-9-14(15)18-13-6-4-3-5-7-13/h8-10,13H,2-7,11H2,1H3. The number of hydrogen-bond donors (Lipinski definition) is 0. The van der Waals surface area contributed by atoms with Crippen LogP contribution in [0.3, 0.4) is 0 Å². The van der Waals surface area contributed by atoms with Gasteiger partial charge >= 0.3 is 0 Å². The summed E-state index contributed by atoms with van der Waals surface area (Å²) in [4.78, 5) is 0. The zero-order valence-corrected chi connectivity index (χ0v) is 11.7. The first kappa shape index (κ1) is 13.5. The van der Waals surface area contributed by atoms with Crippen molar-refractivity contribution in [2.24, 2.45) is 0 Å². The molecule has 0 N–H and O–H groups in total. The van der Waals surface area contributed by atoms with Gasteiger partial charge in [0, 0.05) is 5.88 Å². The quantitative estimate of drug-likeness (QED) is 0.730. The molecule has 0 aliphatic heterocycles. The third-order valence-corrected chi connectivity index (χ3v) is 3.62. The Bertz CT molecular complexity index is 373. The van der Waals surface area contributed by atoms with Crippen LogP contribution in [0.5, 0.6) is 11.5 Å². The van der Waals surface area contributed by atoms with E-state index in [-0.39, 0.29) is 0 Å².